The molecule has 6 heteroatoms. The minimum atomic E-state index is -4.75. The van der Waals surface area contributed by atoms with Gasteiger partial charge in [-0.25, -0.2) is 0 Å². The molecule has 0 saturated heterocycles. The average molecular weight is 262 g/mol. The third-order valence-electron chi connectivity index (χ3n) is 2.11. The molecular weight excluding hydrogens is 255 g/mol. The van der Waals surface area contributed by atoms with E-state index in [0.717, 1.165) is 12.1 Å². The third-order valence-corrected chi connectivity index (χ3v) is 2.35. The molecule has 1 aromatic rings. The number of carbonyl (C=O) groups is 1. The van der Waals surface area contributed by atoms with Crippen LogP contribution in [0, 0.1) is 18.3 Å². The summed E-state index contributed by atoms with van der Waals surface area (Å²) in [5, 5.41) is 8.69. The molecule has 17 heavy (non-hydrogen) atoms. The zero-order chi connectivity index (χ0) is 13.2. The molecule has 0 unspecified atom stereocenters. The molecule has 0 spiro atoms. The minimum Gasteiger partial charge on any atom is -0.293 e. The largest absolute Gasteiger partial charge is 0.418 e. The molecule has 0 aliphatic carbocycles. The molecule has 0 saturated carbocycles. The number of benzene rings is 1. The normalized spacial score (nSPS) is 11.1. The highest BCUT2D eigenvalue weighted by atomic mass is 35.5. The fraction of sp³-hybridized carbons (Fsp3) is 0.273. The number of nitrogens with zero attached hydrogens (tertiary/aromatic N) is 1. The molecule has 2 nitrogen and oxygen atoms in total. The van der Waals surface area contributed by atoms with Crippen LogP contribution in [0.3, 0.4) is 0 Å². The number of alkyl halides is 4. The molecule has 0 aromatic heterocycles. The maximum absolute atomic E-state index is 12.8. The van der Waals surface area contributed by atoms with Crippen molar-refractivity contribution < 1.29 is 18.0 Å². The second kappa shape index (κ2) is 4.76. The van der Waals surface area contributed by atoms with Gasteiger partial charge in [0.25, 0.3) is 0 Å². The second-order valence-corrected chi connectivity index (χ2v) is 3.67. The van der Waals surface area contributed by atoms with Gasteiger partial charge in [-0.15, -0.1) is 11.6 Å². The van der Waals surface area contributed by atoms with Crippen molar-refractivity contribution in [3.8, 4) is 6.07 Å². The summed E-state index contributed by atoms with van der Waals surface area (Å²) in [6.45, 7) is 1.51. The Bertz CT molecular complexity index is 503. The number of hydrogen-bond donors (Lipinski definition) is 0. The van der Waals surface area contributed by atoms with E-state index in [1.54, 1.807) is 0 Å². The lowest BCUT2D eigenvalue weighted by atomic mass is 9.96. The molecule has 0 bridgehead atoms. The second-order valence-electron chi connectivity index (χ2n) is 3.40. The molecule has 0 atom stereocenters. The summed E-state index contributed by atoms with van der Waals surface area (Å²) in [4.78, 5) is 11.4. The topological polar surface area (TPSA) is 40.9 Å². The Morgan fingerprint density at radius 3 is 2.47 bits per heavy atom. The number of aryl methyl sites for hydroxylation is 1. The summed E-state index contributed by atoms with van der Waals surface area (Å²) in [7, 11) is 0. The van der Waals surface area contributed by atoms with Crippen LogP contribution in [0.25, 0.3) is 0 Å². The lowest BCUT2D eigenvalue weighted by Gasteiger charge is -2.14. The molecule has 90 valence electrons. The number of rotatable bonds is 2. The molecular formula is C11H7ClF3NO. The van der Waals surface area contributed by atoms with E-state index in [0.29, 0.717) is 5.56 Å². The molecule has 1 aromatic carbocycles. The Kier molecular flexibility index (Phi) is 3.79. The van der Waals surface area contributed by atoms with Crippen LogP contribution in [-0.2, 0) is 6.18 Å². The lowest BCUT2D eigenvalue weighted by Crippen LogP contribution is -2.16. The van der Waals surface area contributed by atoms with Gasteiger partial charge in [-0.2, -0.15) is 18.4 Å². The first-order chi connectivity index (χ1) is 7.81. The first-order valence-electron chi connectivity index (χ1n) is 4.52. The highest BCUT2D eigenvalue weighted by Gasteiger charge is 2.38. The highest BCUT2D eigenvalue weighted by Crippen LogP contribution is 2.35. The average Bonchev–Trinajstić information content (AvgIpc) is 2.24. The van der Waals surface area contributed by atoms with Gasteiger partial charge in [-0.3, -0.25) is 4.79 Å². The predicted octanol–water partition coefficient (Wildman–Crippen LogP) is 3.31. The van der Waals surface area contributed by atoms with Crippen molar-refractivity contribution in [1.82, 2.24) is 0 Å². The Labute approximate surface area is 101 Å². The van der Waals surface area contributed by atoms with Crippen molar-refractivity contribution in [3.63, 3.8) is 0 Å². The summed E-state index contributed by atoms with van der Waals surface area (Å²) in [6.07, 6.45) is -4.75. The van der Waals surface area contributed by atoms with Crippen LogP contribution in [0.15, 0.2) is 12.1 Å². The van der Waals surface area contributed by atoms with E-state index in [4.69, 9.17) is 16.9 Å². The zero-order valence-corrected chi connectivity index (χ0v) is 9.49. The van der Waals surface area contributed by atoms with Crippen LogP contribution in [0.4, 0.5) is 13.2 Å². The Morgan fingerprint density at radius 1 is 1.47 bits per heavy atom. The van der Waals surface area contributed by atoms with Gasteiger partial charge in [0.05, 0.1) is 23.1 Å². The lowest BCUT2D eigenvalue weighted by molar-refractivity contribution is -0.138. The van der Waals surface area contributed by atoms with E-state index in [-0.39, 0.29) is 0 Å². The number of halogens is 4. The highest BCUT2D eigenvalue weighted by molar-refractivity contribution is 6.30. The van der Waals surface area contributed by atoms with Crippen LogP contribution in [0.2, 0.25) is 0 Å². The van der Waals surface area contributed by atoms with Gasteiger partial charge in [-0.1, -0.05) is 0 Å². The van der Waals surface area contributed by atoms with Crippen molar-refractivity contribution in [2.45, 2.75) is 13.1 Å². The van der Waals surface area contributed by atoms with Crippen molar-refractivity contribution in [1.29, 1.82) is 5.26 Å². The van der Waals surface area contributed by atoms with Crippen molar-refractivity contribution in [3.05, 3.63) is 34.4 Å². The Morgan fingerprint density at radius 2 is 2.06 bits per heavy atom. The van der Waals surface area contributed by atoms with Crippen LogP contribution < -0.4 is 0 Å². The fourth-order valence-electron chi connectivity index (χ4n) is 1.47. The third kappa shape index (κ3) is 2.77. The predicted molar refractivity (Wildman–Crippen MR) is 55.9 cm³/mol. The zero-order valence-electron chi connectivity index (χ0n) is 8.73. The first-order valence-corrected chi connectivity index (χ1v) is 5.05. The molecule has 0 aliphatic heterocycles. The first kappa shape index (κ1) is 13.5. The van der Waals surface area contributed by atoms with Crippen LogP contribution in [0.5, 0.6) is 0 Å². The number of hydrogen-bond acceptors (Lipinski definition) is 2. The van der Waals surface area contributed by atoms with Crippen LogP contribution in [0.1, 0.15) is 27.0 Å². The van der Waals surface area contributed by atoms with E-state index in [1.165, 1.54) is 13.0 Å². The van der Waals surface area contributed by atoms with Gasteiger partial charge in [-0.05, 0) is 24.6 Å². The molecule has 0 radical (unpaired) electrons. The van der Waals surface area contributed by atoms with Gasteiger partial charge >= 0.3 is 6.18 Å². The Hall–Kier alpha value is -1.54. The summed E-state index contributed by atoms with van der Waals surface area (Å²) >= 11 is 5.26. The summed E-state index contributed by atoms with van der Waals surface area (Å²) in [5.41, 5.74) is -1.92. The molecule has 0 N–H and O–H groups in total. The SMILES string of the molecule is Cc1cc(C#N)c(C(F)(F)F)c(C(=O)CCl)c1. The quantitative estimate of drug-likeness (QED) is 0.605. The molecule has 0 aliphatic rings. The minimum absolute atomic E-state index is 0.406. The summed E-state index contributed by atoms with van der Waals surface area (Å²) in [5.74, 6) is -1.41. The number of nitriles is 1. The van der Waals surface area contributed by atoms with Crippen LogP contribution in [-0.4, -0.2) is 11.7 Å². The van der Waals surface area contributed by atoms with E-state index in [1.807, 2.05) is 0 Å². The molecule has 0 fully saturated rings. The maximum atomic E-state index is 12.8. The van der Waals surface area contributed by atoms with Gasteiger partial charge in [0.2, 0.25) is 0 Å². The Balaban J connectivity index is 3.63. The van der Waals surface area contributed by atoms with Crippen molar-refractivity contribution >= 4 is 17.4 Å². The standard InChI is InChI=1S/C11H7ClF3NO/c1-6-2-7(5-16)10(11(13,14)15)8(3-6)9(17)4-12/h2-3H,4H2,1H3. The van der Waals surface area contributed by atoms with E-state index >= 15 is 0 Å². The summed E-state index contributed by atoms with van der Waals surface area (Å²) < 4.78 is 38.3. The van der Waals surface area contributed by atoms with Gasteiger partial charge in [0.1, 0.15) is 0 Å². The summed E-state index contributed by atoms with van der Waals surface area (Å²) in [6, 6.07) is 3.63. The monoisotopic (exact) mass is 261 g/mol. The van der Waals surface area contributed by atoms with E-state index < -0.39 is 34.5 Å². The van der Waals surface area contributed by atoms with Crippen molar-refractivity contribution in [2.75, 3.05) is 5.88 Å². The smallest absolute Gasteiger partial charge is 0.293 e. The number of Topliss-reactive ketones (excluding diaryl/α,β-unsaturated/α-hetero) is 1. The van der Waals surface area contributed by atoms with Gasteiger partial charge < -0.3 is 0 Å². The van der Waals surface area contributed by atoms with Gasteiger partial charge in [0, 0.05) is 5.56 Å². The van der Waals surface area contributed by atoms with E-state index in [2.05, 4.69) is 0 Å². The molecule has 1 rings (SSSR count). The van der Waals surface area contributed by atoms with E-state index in [9.17, 15) is 18.0 Å². The maximum Gasteiger partial charge on any atom is 0.418 e. The van der Waals surface area contributed by atoms with Crippen LogP contribution >= 0.6 is 11.6 Å². The fourth-order valence-corrected chi connectivity index (χ4v) is 1.62. The molecule has 0 amide bonds. The number of carbonyl (C=O) groups excluding carboxylic acids is 1. The molecule has 0 heterocycles. The number of ketones is 1. The van der Waals surface area contributed by atoms with Gasteiger partial charge in [0.15, 0.2) is 5.78 Å². The van der Waals surface area contributed by atoms with Crippen molar-refractivity contribution in [2.24, 2.45) is 0 Å².